The second kappa shape index (κ2) is 6.09. The molecule has 3 nitrogen and oxygen atoms in total. The van der Waals surface area contributed by atoms with Gasteiger partial charge >= 0.3 is 0 Å². The summed E-state index contributed by atoms with van der Waals surface area (Å²) in [5.74, 6) is 3.50. The number of carbonyl (C=O) groups excluding carboxylic acids is 1. The fourth-order valence-electron chi connectivity index (χ4n) is 5.95. The molecular weight excluding hydrogens is 298 g/mol. The van der Waals surface area contributed by atoms with Gasteiger partial charge in [-0.2, -0.15) is 0 Å². The van der Waals surface area contributed by atoms with E-state index in [-0.39, 0.29) is 11.9 Å². The van der Waals surface area contributed by atoms with Crippen molar-refractivity contribution in [2.24, 2.45) is 23.2 Å². The first-order chi connectivity index (χ1) is 11.5. The van der Waals surface area contributed by atoms with E-state index in [0.717, 1.165) is 23.5 Å². The summed E-state index contributed by atoms with van der Waals surface area (Å²) in [5.41, 5.74) is 0.344. The molecule has 130 valence electrons. The topological polar surface area (TPSA) is 38.3 Å². The highest BCUT2D eigenvalue weighted by Crippen LogP contribution is 2.61. The van der Waals surface area contributed by atoms with Gasteiger partial charge in [0.05, 0.1) is 0 Å². The molecule has 1 N–H and O–H groups in total. The van der Waals surface area contributed by atoms with Crippen LogP contribution in [-0.2, 0) is 4.79 Å². The van der Waals surface area contributed by atoms with Gasteiger partial charge in [-0.3, -0.25) is 4.79 Å². The van der Waals surface area contributed by atoms with E-state index in [0.29, 0.717) is 5.41 Å². The Morgan fingerprint density at radius 3 is 2.12 bits per heavy atom. The van der Waals surface area contributed by atoms with E-state index in [9.17, 15) is 4.79 Å². The number of rotatable bonds is 5. The zero-order valence-electron chi connectivity index (χ0n) is 14.8. The third-order valence-electron chi connectivity index (χ3n) is 6.79. The summed E-state index contributed by atoms with van der Waals surface area (Å²) in [6, 6.07) is 9.85. The minimum Gasteiger partial charge on any atom is -0.481 e. The first-order valence-electron chi connectivity index (χ1n) is 9.56. The Morgan fingerprint density at radius 1 is 1.04 bits per heavy atom. The summed E-state index contributed by atoms with van der Waals surface area (Å²) in [4.78, 5) is 12.6. The van der Waals surface area contributed by atoms with E-state index in [2.05, 4.69) is 12.2 Å². The smallest absolute Gasteiger partial charge is 0.261 e. The van der Waals surface area contributed by atoms with Crippen LogP contribution in [0, 0.1) is 23.2 Å². The van der Waals surface area contributed by atoms with E-state index in [1.807, 2.05) is 37.3 Å². The van der Waals surface area contributed by atoms with Crippen LogP contribution in [0.1, 0.15) is 52.4 Å². The van der Waals surface area contributed by atoms with Crippen LogP contribution in [0.15, 0.2) is 30.3 Å². The molecule has 0 radical (unpaired) electrons. The molecule has 1 aromatic rings. The van der Waals surface area contributed by atoms with E-state index in [1.165, 1.54) is 38.5 Å². The van der Waals surface area contributed by atoms with Crippen LogP contribution >= 0.6 is 0 Å². The largest absolute Gasteiger partial charge is 0.481 e. The molecule has 0 aromatic heterocycles. The summed E-state index contributed by atoms with van der Waals surface area (Å²) in [6.07, 6.45) is 7.80. The van der Waals surface area contributed by atoms with Gasteiger partial charge in [0.2, 0.25) is 0 Å². The number of carbonyl (C=O) groups is 1. The van der Waals surface area contributed by atoms with Crippen LogP contribution in [0.25, 0.3) is 0 Å². The third kappa shape index (κ3) is 2.94. The molecular formula is C21H29NO2. The Kier molecular flexibility index (Phi) is 4.06. The van der Waals surface area contributed by atoms with Crippen LogP contribution < -0.4 is 10.1 Å². The lowest BCUT2D eigenvalue weighted by Gasteiger charge is -2.59. The molecule has 2 atom stereocenters. The molecule has 4 fully saturated rings. The van der Waals surface area contributed by atoms with Crippen molar-refractivity contribution in [1.29, 1.82) is 0 Å². The number of para-hydroxylation sites is 1. The summed E-state index contributed by atoms with van der Waals surface area (Å²) in [7, 11) is 0. The predicted molar refractivity (Wildman–Crippen MR) is 94.7 cm³/mol. The van der Waals surface area contributed by atoms with Crippen molar-refractivity contribution < 1.29 is 9.53 Å². The number of hydrogen-bond donors (Lipinski definition) is 1. The molecule has 1 amide bonds. The van der Waals surface area contributed by atoms with E-state index in [4.69, 9.17) is 4.74 Å². The maximum Gasteiger partial charge on any atom is 0.261 e. The standard InChI is InChI=1S/C21H29NO2/c1-14(24-19-6-4-3-5-7-19)20(23)22-15(2)21-11-16-8-17(12-21)10-18(9-16)13-21/h3-7,14-18H,8-13H2,1-2H3,(H,22,23)/t14-,15+,16?,17?,18?,21?/m0/s1. The minimum atomic E-state index is -0.455. The highest BCUT2D eigenvalue weighted by atomic mass is 16.5. The van der Waals surface area contributed by atoms with Gasteiger partial charge in [0.25, 0.3) is 5.91 Å². The minimum absolute atomic E-state index is 0.0158. The van der Waals surface area contributed by atoms with Crippen molar-refractivity contribution in [3.63, 3.8) is 0 Å². The number of benzene rings is 1. The van der Waals surface area contributed by atoms with Crippen LogP contribution in [0.5, 0.6) is 5.75 Å². The Morgan fingerprint density at radius 2 is 1.58 bits per heavy atom. The maximum absolute atomic E-state index is 12.6. The SMILES string of the molecule is C[C@H](Oc1ccccc1)C(=O)N[C@H](C)C12CC3CC(CC(C3)C1)C2. The first-order valence-corrected chi connectivity index (χ1v) is 9.56. The molecule has 0 unspecified atom stereocenters. The molecule has 24 heavy (non-hydrogen) atoms. The van der Waals surface area contributed by atoms with Gasteiger partial charge in [-0.1, -0.05) is 18.2 Å². The molecule has 3 heteroatoms. The third-order valence-corrected chi connectivity index (χ3v) is 6.79. The predicted octanol–water partition coefficient (Wildman–Crippen LogP) is 4.18. The van der Waals surface area contributed by atoms with Gasteiger partial charge in [0.1, 0.15) is 5.75 Å². The zero-order chi connectivity index (χ0) is 16.7. The van der Waals surface area contributed by atoms with Crippen LogP contribution in [-0.4, -0.2) is 18.1 Å². The molecule has 4 aliphatic carbocycles. The molecule has 0 saturated heterocycles. The summed E-state index contributed by atoms with van der Waals surface area (Å²) in [5, 5.41) is 3.29. The maximum atomic E-state index is 12.6. The van der Waals surface area contributed by atoms with Crippen LogP contribution in [0.2, 0.25) is 0 Å². The van der Waals surface area contributed by atoms with Crippen molar-refractivity contribution in [2.75, 3.05) is 0 Å². The van der Waals surface area contributed by atoms with E-state index < -0.39 is 6.10 Å². The second-order valence-corrected chi connectivity index (χ2v) is 8.58. The molecule has 0 aliphatic heterocycles. The monoisotopic (exact) mass is 327 g/mol. The molecule has 4 aliphatic rings. The summed E-state index contributed by atoms with van der Waals surface area (Å²) >= 11 is 0. The fourth-order valence-corrected chi connectivity index (χ4v) is 5.95. The van der Waals surface area contributed by atoms with Crippen LogP contribution in [0.4, 0.5) is 0 Å². The molecule has 0 spiro atoms. The summed E-state index contributed by atoms with van der Waals surface area (Å²) in [6.45, 7) is 4.06. The fraction of sp³-hybridized carbons (Fsp3) is 0.667. The Labute approximate surface area is 145 Å². The van der Waals surface area contributed by atoms with E-state index in [1.54, 1.807) is 0 Å². The molecule has 5 rings (SSSR count). The lowest BCUT2D eigenvalue weighted by Crippen LogP contribution is -2.57. The van der Waals surface area contributed by atoms with Crippen molar-refractivity contribution in [1.82, 2.24) is 5.32 Å². The average Bonchev–Trinajstić information content (AvgIpc) is 2.54. The van der Waals surface area contributed by atoms with Crippen molar-refractivity contribution in [2.45, 2.75) is 64.5 Å². The van der Waals surface area contributed by atoms with Gasteiger partial charge in [-0.25, -0.2) is 0 Å². The molecule has 4 bridgehead atoms. The normalized spacial score (nSPS) is 36.2. The number of amides is 1. The van der Waals surface area contributed by atoms with Gasteiger partial charge in [0, 0.05) is 6.04 Å². The highest BCUT2D eigenvalue weighted by molar-refractivity contribution is 5.81. The Balaban J connectivity index is 1.38. The van der Waals surface area contributed by atoms with Gasteiger partial charge in [-0.15, -0.1) is 0 Å². The van der Waals surface area contributed by atoms with Gasteiger partial charge in [-0.05, 0) is 87.7 Å². The molecule has 1 aromatic carbocycles. The Hall–Kier alpha value is -1.51. The lowest BCUT2D eigenvalue weighted by atomic mass is 9.48. The Bertz CT molecular complexity index is 562. The van der Waals surface area contributed by atoms with Gasteiger partial charge < -0.3 is 10.1 Å². The van der Waals surface area contributed by atoms with E-state index >= 15 is 0 Å². The number of nitrogens with one attached hydrogen (secondary N) is 1. The quantitative estimate of drug-likeness (QED) is 0.881. The average molecular weight is 327 g/mol. The zero-order valence-corrected chi connectivity index (χ0v) is 14.8. The molecule has 4 saturated carbocycles. The van der Waals surface area contributed by atoms with Gasteiger partial charge in [0.15, 0.2) is 6.10 Å². The second-order valence-electron chi connectivity index (χ2n) is 8.58. The first kappa shape index (κ1) is 16.0. The number of hydrogen-bond acceptors (Lipinski definition) is 2. The van der Waals surface area contributed by atoms with Crippen molar-refractivity contribution in [3.05, 3.63) is 30.3 Å². The lowest BCUT2D eigenvalue weighted by molar-refractivity contribution is -0.131. The van der Waals surface area contributed by atoms with Crippen molar-refractivity contribution >= 4 is 5.91 Å². The summed E-state index contributed by atoms with van der Waals surface area (Å²) < 4.78 is 5.78. The highest BCUT2D eigenvalue weighted by Gasteiger charge is 2.53. The van der Waals surface area contributed by atoms with Crippen molar-refractivity contribution in [3.8, 4) is 5.75 Å². The molecule has 0 heterocycles. The number of ether oxygens (including phenoxy) is 1. The van der Waals surface area contributed by atoms with Crippen LogP contribution in [0.3, 0.4) is 0 Å².